The predicted molar refractivity (Wildman–Crippen MR) is 87.4 cm³/mol. The van der Waals surface area contributed by atoms with Crippen molar-refractivity contribution in [1.82, 2.24) is 4.31 Å². The van der Waals surface area contributed by atoms with Crippen molar-refractivity contribution in [3.05, 3.63) is 24.3 Å². The lowest BCUT2D eigenvalue weighted by atomic mass is 10.3. The highest BCUT2D eigenvalue weighted by atomic mass is 32.2. The highest BCUT2D eigenvalue weighted by molar-refractivity contribution is 7.90. The van der Waals surface area contributed by atoms with E-state index in [1.54, 1.807) is 12.1 Å². The highest BCUT2D eigenvalue weighted by Crippen LogP contribution is 2.23. The van der Waals surface area contributed by atoms with Crippen molar-refractivity contribution in [3.8, 4) is 0 Å². The number of nitrogens with zero attached hydrogens (tertiary/aromatic N) is 1. The van der Waals surface area contributed by atoms with Crippen LogP contribution in [-0.2, 0) is 24.7 Å². The van der Waals surface area contributed by atoms with E-state index in [2.05, 4.69) is 5.32 Å². The summed E-state index contributed by atoms with van der Waals surface area (Å²) in [5, 5.41) is 2.53. The maximum Gasteiger partial charge on any atom is 0.243 e. The first-order valence-corrected chi connectivity index (χ1v) is 10.8. The summed E-state index contributed by atoms with van der Waals surface area (Å²) < 4.78 is 48.5. The van der Waals surface area contributed by atoms with Crippen LogP contribution in [-0.4, -0.2) is 52.1 Å². The fourth-order valence-electron chi connectivity index (χ4n) is 2.31. The van der Waals surface area contributed by atoms with Gasteiger partial charge in [0.2, 0.25) is 15.9 Å². The molecular formula is C14H20N2O5S2. The van der Waals surface area contributed by atoms with E-state index >= 15 is 0 Å². The molecule has 1 amide bonds. The Morgan fingerprint density at radius 1 is 1.17 bits per heavy atom. The number of amides is 1. The van der Waals surface area contributed by atoms with Gasteiger partial charge < -0.3 is 5.32 Å². The lowest BCUT2D eigenvalue weighted by molar-refractivity contribution is -0.115. The second kappa shape index (κ2) is 6.98. The van der Waals surface area contributed by atoms with Crippen LogP contribution >= 0.6 is 0 Å². The minimum absolute atomic E-state index is 0.125. The zero-order valence-corrected chi connectivity index (χ0v) is 14.5. The Labute approximate surface area is 136 Å². The van der Waals surface area contributed by atoms with Crippen LogP contribution in [0.4, 0.5) is 5.69 Å². The van der Waals surface area contributed by atoms with Crippen molar-refractivity contribution in [2.45, 2.75) is 24.2 Å². The summed E-state index contributed by atoms with van der Waals surface area (Å²) in [6, 6.07) is 6.00. The van der Waals surface area contributed by atoms with Crippen molar-refractivity contribution >= 4 is 31.5 Å². The van der Waals surface area contributed by atoms with Crippen molar-refractivity contribution in [3.63, 3.8) is 0 Å². The zero-order chi connectivity index (χ0) is 17.1. The van der Waals surface area contributed by atoms with E-state index in [-0.39, 0.29) is 17.1 Å². The molecule has 0 atom stereocenters. The van der Waals surface area contributed by atoms with E-state index in [0.717, 1.165) is 19.1 Å². The minimum atomic E-state index is -3.55. The molecule has 1 aromatic rings. The largest absolute Gasteiger partial charge is 0.326 e. The Bertz CT molecular complexity index is 781. The average Bonchev–Trinajstić information content (AvgIpc) is 3.00. The Hall–Kier alpha value is -1.45. The maximum absolute atomic E-state index is 12.5. The van der Waals surface area contributed by atoms with Gasteiger partial charge in [-0.3, -0.25) is 4.79 Å². The Balaban J connectivity index is 2.09. The number of anilines is 1. The van der Waals surface area contributed by atoms with Gasteiger partial charge in [0.15, 0.2) is 0 Å². The molecule has 1 aliphatic rings. The molecule has 128 valence electrons. The fraction of sp³-hybridized carbons (Fsp3) is 0.500. The summed E-state index contributed by atoms with van der Waals surface area (Å²) in [7, 11) is -6.76. The van der Waals surface area contributed by atoms with Crippen LogP contribution in [0, 0.1) is 0 Å². The quantitative estimate of drug-likeness (QED) is 0.810. The molecule has 0 aromatic heterocycles. The van der Waals surface area contributed by atoms with E-state index in [9.17, 15) is 21.6 Å². The summed E-state index contributed by atoms with van der Waals surface area (Å²) in [5.41, 5.74) is 0.337. The first-order chi connectivity index (χ1) is 10.7. The van der Waals surface area contributed by atoms with Crippen molar-refractivity contribution in [2.75, 3.05) is 30.4 Å². The topological polar surface area (TPSA) is 101 Å². The normalized spacial score (nSPS) is 16.4. The molecule has 0 unspecified atom stereocenters. The number of carbonyl (C=O) groups excluding carboxylic acids is 1. The summed E-state index contributed by atoms with van der Waals surface area (Å²) in [5.74, 6) is -0.712. The maximum atomic E-state index is 12.5. The van der Waals surface area contributed by atoms with Gasteiger partial charge in [0, 0.05) is 31.5 Å². The Morgan fingerprint density at radius 3 is 2.43 bits per heavy atom. The van der Waals surface area contributed by atoms with Crippen LogP contribution in [0.5, 0.6) is 0 Å². The molecule has 0 radical (unpaired) electrons. The van der Waals surface area contributed by atoms with Crippen LogP contribution in [0.2, 0.25) is 0 Å². The van der Waals surface area contributed by atoms with Crippen LogP contribution in [0.25, 0.3) is 0 Å². The summed E-state index contributed by atoms with van der Waals surface area (Å²) in [4.78, 5) is 11.9. The van der Waals surface area contributed by atoms with Gasteiger partial charge in [0.05, 0.1) is 10.6 Å². The number of rotatable bonds is 6. The molecule has 0 aliphatic carbocycles. The van der Waals surface area contributed by atoms with Gasteiger partial charge in [-0.05, 0) is 31.0 Å². The second-order valence-electron chi connectivity index (χ2n) is 5.57. The van der Waals surface area contributed by atoms with Gasteiger partial charge in [0.25, 0.3) is 0 Å². The molecule has 23 heavy (non-hydrogen) atoms. The molecule has 1 aliphatic heterocycles. The van der Waals surface area contributed by atoms with Crippen LogP contribution < -0.4 is 5.32 Å². The number of hydrogen-bond acceptors (Lipinski definition) is 5. The molecule has 1 heterocycles. The van der Waals surface area contributed by atoms with Gasteiger partial charge in [0.1, 0.15) is 9.84 Å². The number of sulfonamides is 1. The monoisotopic (exact) mass is 360 g/mol. The molecule has 0 spiro atoms. The predicted octanol–water partition coefficient (Wildman–Crippen LogP) is 0.844. The first-order valence-electron chi connectivity index (χ1n) is 7.26. The Morgan fingerprint density at radius 2 is 1.83 bits per heavy atom. The minimum Gasteiger partial charge on any atom is -0.326 e. The molecule has 1 fully saturated rings. The van der Waals surface area contributed by atoms with E-state index in [1.807, 2.05) is 0 Å². The van der Waals surface area contributed by atoms with E-state index in [0.29, 0.717) is 18.8 Å². The summed E-state index contributed by atoms with van der Waals surface area (Å²) in [6.45, 7) is 1.01. The standard InChI is InChI=1S/C14H20N2O5S2/c1-22(18,19)10-7-14(17)15-12-5-4-6-13(11-12)23(20,21)16-8-2-3-9-16/h4-6,11H,2-3,7-10H2,1H3,(H,15,17). The third-order valence-corrected chi connectivity index (χ3v) is 6.36. The zero-order valence-electron chi connectivity index (χ0n) is 12.9. The molecule has 0 bridgehead atoms. The van der Waals surface area contributed by atoms with Crippen molar-refractivity contribution < 1.29 is 21.6 Å². The Kier molecular flexibility index (Phi) is 5.43. The first kappa shape index (κ1) is 17.9. The summed E-state index contributed by atoms with van der Waals surface area (Å²) >= 11 is 0. The lowest BCUT2D eigenvalue weighted by Crippen LogP contribution is -2.28. The molecule has 2 rings (SSSR count). The number of sulfone groups is 1. The van der Waals surface area contributed by atoms with Gasteiger partial charge in [-0.1, -0.05) is 6.07 Å². The van der Waals surface area contributed by atoms with Crippen LogP contribution in [0.1, 0.15) is 19.3 Å². The van der Waals surface area contributed by atoms with E-state index in [4.69, 9.17) is 0 Å². The van der Waals surface area contributed by atoms with Crippen LogP contribution in [0.15, 0.2) is 29.2 Å². The second-order valence-corrected chi connectivity index (χ2v) is 9.76. The lowest BCUT2D eigenvalue weighted by Gasteiger charge is -2.16. The molecular weight excluding hydrogens is 340 g/mol. The summed E-state index contributed by atoms with van der Waals surface area (Å²) in [6.07, 6.45) is 2.59. The molecule has 9 heteroatoms. The fourth-order valence-corrected chi connectivity index (χ4v) is 4.43. The number of hydrogen-bond donors (Lipinski definition) is 1. The van der Waals surface area contributed by atoms with Gasteiger partial charge in [-0.15, -0.1) is 0 Å². The molecule has 0 saturated carbocycles. The molecule has 1 N–H and O–H groups in total. The molecule has 1 saturated heterocycles. The van der Waals surface area contributed by atoms with Gasteiger partial charge >= 0.3 is 0 Å². The average molecular weight is 360 g/mol. The van der Waals surface area contributed by atoms with Gasteiger partial charge in [-0.25, -0.2) is 16.8 Å². The molecule has 7 nitrogen and oxygen atoms in total. The van der Waals surface area contributed by atoms with Gasteiger partial charge in [-0.2, -0.15) is 4.31 Å². The number of benzene rings is 1. The van der Waals surface area contributed by atoms with E-state index in [1.165, 1.54) is 16.4 Å². The molecule has 1 aromatic carbocycles. The van der Waals surface area contributed by atoms with Crippen molar-refractivity contribution in [1.29, 1.82) is 0 Å². The third-order valence-electron chi connectivity index (χ3n) is 3.52. The number of nitrogens with one attached hydrogen (secondary N) is 1. The highest BCUT2D eigenvalue weighted by Gasteiger charge is 2.27. The van der Waals surface area contributed by atoms with E-state index < -0.39 is 25.8 Å². The SMILES string of the molecule is CS(=O)(=O)CCC(=O)Nc1cccc(S(=O)(=O)N2CCCC2)c1. The number of carbonyl (C=O) groups is 1. The smallest absolute Gasteiger partial charge is 0.243 e. The van der Waals surface area contributed by atoms with Crippen molar-refractivity contribution in [2.24, 2.45) is 0 Å². The van der Waals surface area contributed by atoms with Crippen LogP contribution in [0.3, 0.4) is 0 Å². The third kappa shape index (κ3) is 5.02.